The fraction of sp³-hybridized carbons (Fsp3) is 0.200. The summed E-state index contributed by atoms with van der Waals surface area (Å²) in [6, 6.07) is 12.6. The average molecular weight is 427 g/mol. The van der Waals surface area contributed by atoms with Gasteiger partial charge in [0.05, 0.1) is 19.9 Å². The summed E-state index contributed by atoms with van der Waals surface area (Å²) in [6.45, 7) is 1.46. The van der Waals surface area contributed by atoms with Crippen molar-refractivity contribution in [1.29, 1.82) is 0 Å². The Kier molecular flexibility index (Phi) is 6.91. The number of furan rings is 1. The molecule has 1 heterocycles. The van der Waals surface area contributed by atoms with Crippen molar-refractivity contribution in [3.8, 4) is 11.5 Å². The number of nitrogens with one attached hydrogen (secondary N) is 1. The van der Waals surface area contributed by atoms with Gasteiger partial charge in [-0.3, -0.25) is 0 Å². The van der Waals surface area contributed by atoms with E-state index < -0.39 is 0 Å². The maximum absolute atomic E-state index is 6.41. The maximum atomic E-state index is 6.41. The Morgan fingerprint density at radius 3 is 2.44 bits per heavy atom. The first-order chi connectivity index (χ1) is 13.1. The number of halogens is 3. The zero-order chi connectivity index (χ0) is 19.2. The molecule has 0 bridgehead atoms. The van der Waals surface area contributed by atoms with E-state index in [1.54, 1.807) is 31.6 Å². The van der Waals surface area contributed by atoms with Gasteiger partial charge in [0, 0.05) is 33.2 Å². The van der Waals surface area contributed by atoms with Crippen LogP contribution >= 0.6 is 34.8 Å². The molecule has 0 fully saturated rings. The summed E-state index contributed by atoms with van der Waals surface area (Å²) in [6.07, 6.45) is 1.64. The minimum atomic E-state index is 0.277. The molecule has 0 aliphatic carbocycles. The molecule has 3 aromatic rings. The SMILES string of the molecule is COc1cc(CNCc2ccco2)c(Cl)cc1OCc1ccc(Cl)cc1Cl. The summed E-state index contributed by atoms with van der Waals surface area (Å²) in [5.41, 5.74) is 1.72. The molecule has 7 heteroatoms. The van der Waals surface area contributed by atoms with Crippen LogP contribution in [0.15, 0.2) is 53.1 Å². The predicted molar refractivity (Wildman–Crippen MR) is 108 cm³/mol. The van der Waals surface area contributed by atoms with Crippen molar-refractivity contribution >= 4 is 34.8 Å². The Morgan fingerprint density at radius 2 is 1.74 bits per heavy atom. The fourth-order valence-electron chi connectivity index (χ4n) is 2.51. The molecule has 1 aromatic heterocycles. The Hall–Kier alpha value is -1.85. The van der Waals surface area contributed by atoms with Crippen LogP contribution < -0.4 is 14.8 Å². The molecule has 0 saturated carbocycles. The molecule has 0 radical (unpaired) electrons. The van der Waals surface area contributed by atoms with Gasteiger partial charge in [0.2, 0.25) is 0 Å². The van der Waals surface area contributed by atoms with Gasteiger partial charge in [0.15, 0.2) is 11.5 Å². The second-order valence-corrected chi connectivity index (χ2v) is 7.05. The summed E-state index contributed by atoms with van der Waals surface area (Å²) in [5.74, 6) is 2.00. The second kappa shape index (κ2) is 9.38. The Labute approximate surface area is 172 Å². The fourth-order valence-corrected chi connectivity index (χ4v) is 3.20. The Morgan fingerprint density at radius 1 is 0.926 bits per heavy atom. The molecule has 0 aliphatic heterocycles. The van der Waals surface area contributed by atoms with Crippen molar-refractivity contribution in [2.24, 2.45) is 0 Å². The molecular weight excluding hydrogens is 409 g/mol. The summed E-state index contributed by atoms with van der Waals surface area (Å²) in [5, 5.41) is 4.99. The Balaban J connectivity index is 1.67. The van der Waals surface area contributed by atoms with Gasteiger partial charge in [0.25, 0.3) is 0 Å². The second-order valence-electron chi connectivity index (χ2n) is 5.80. The van der Waals surface area contributed by atoms with Crippen LogP contribution in [0.3, 0.4) is 0 Å². The zero-order valence-corrected chi connectivity index (χ0v) is 16.9. The lowest BCUT2D eigenvalue weighted by atomic mass is 10.2. The molecule has 4 nitrogen and oxygen atoms in total. The molecule has 0 unspecified atom stereocenters. The topological polar surface area (TPSA) is 43.6 Å². The van der Waals surface area contributed by atoms with E-state index in [1.165, 1.54) is 0 Å². The number of ether oxygens (including phenoxy) is 2. The molecule has 27 heavy (non-hydrogen) atoms. The molecule has 0 saturated heterocycles. The largest absolute Gasteiger partial charge is 0.493 e. The van der Waals surface area contributed by atoms with Crippen molar-refractivity contribution in [2.45, 2.75) is 19.7 Å². The molecule has 0 aliphatic rings. The van der Waals surface area contributed by atoms with Gasteiger partial charge in [-0.1, -0.05) is 40.9 Å². The van der Waals surface area contributed by atoms with E-state index in [0.717, 1.165) is 16.9 Å². The van der Waals surface area contributed by atoms with Gasteiger partial charge >= 0.3 is 0 Å². The first-order valence-electron chi connectivity index (χ1n) is 8.23. The molecule has 1 N–H and O–H groups in total. The Bertz CT molecular complexity index is 898. The quantitative estimate of drug-likeness (QED) is 0.471. The van der Waals surface area contributed by atoms with Gasteiger partial charge in [-0.15, -0.1) is 0 Å². The monoisotopic (exact) mass is 425 g/mol. The van der Waals surface area contributed by atoms with Crippen molar-refractivity contribution in [2.75, 3.05) is 7.11 Å². The van der Waals surface area contributed by atoms with E-state index in [-0.39, 0.29) is 6.61 Å². The molecule has 3 rings (SSSR count). The third-order valence-electron chi connectivity index (χ3n) is 3.93. The van der Waals surface area contributed by atoms with E-state index in [0.29, 0.717) is 39.7 Å². The van der Waals surface area contributed by atoms with Crippen LogP contribution in [0.25, 0.3) is 0 Å². The molecule has 2 aromatic carbocycles. The van der Waals surface area contributed by atoms with Crippen molar-refractivity contribution in [3.05, 3.63) is 80.7 Å². The third kappa shape index (κ3) is 5.33. The molecular formula is C20H18Cl3NO3. The highest BCUT2D eigenvalue weighted by Gasteiger charge is 2.12. The van der Waals surface area contributed by atoms with Crippen molar-refractivity contribution in [3.63, 3.8) is 0 Å². The first-order valence-corrected chi connectivity index (χ1v) is 9.36. The van der Waals surface area contributed by atoms with Gasteiger partial charge in [-0.25, -0.2) is 0 Å². The first kappa shape index (κ1) is 19.9. The van der Waals surface area contributed by atoms with Gasteiger partial charge < -0.3 is 19.2 Å². The van der Waals surface area contributed by atoms with Gasteiger partial charge in [0.1, 0.15) is 12.4 Å². The van der Waals surface area contributed by atoms with Crippen molar-refractivity contribution < 1.29 is 13.9 Å². The summed E-state index contributed by atoms with van der Waals surface area (Å²) in [4.78, 5) is 0. The normalized spacial score (nSPS) is 10.8. The van der Waals surface area contributed by atoms with E-state index in [1.807, 2.05) is 24.3 Å². The standard InChI is InChI=1S/C20H18Cl3NO3/c1-25-19-7-14(10-24-11-16-3-2-6-26-16)18(23)9-20(19)27-12-13-4-5-15(21)8-17(13)22/h2-9,24H,10-12H2,1H3. The van der Waals surface area contributed by atoms with Crippen LogP contribution in [0.1, 0.15) is 16.9 Å². The maximum Gasteiger partial charge on any atom is 0.163 e. The molecule has 0 amide bonds. The van der Waals surface area contributed by atoms with Crippen LogP contribution in [0, 0.1) is 0 Å². The predicted octanol–water partition coefficient (Wildman–Crippen LogP) is 6.12. The van der Waals surface area contributed by atoms with E-state index >= 15 is 0 Å². The van der Waals surface area contributed by atoms with Crippen molar-refractivity contribution in [1.82, 2.24) is 5.32 Å². The summed E-state index contributed by atoms with van der Waals surface area (Å²) < 4.78 is 16.6. The number of hydrogen-bond donors (Lipinski definition) is 1. The minimum Gasteiger partial charge on any atom is -0.493 e. The van der Waals surface area contributed by atoms with Gasteiger partial charge in [-0.05, 0) is 35.9 Å². The molecule has 0 atom stereocenters. The number of methoxy groups -OCH3 is 1. The van der Waals surface area contributed by atoms with Crippen LogP contribution in [0.2, 0.25) is 15.1 Å². The van der Waals surface area contributed by atoms with Crippen LogP contribution in [-0.2, 0) is 19.7 Å². The molecule has 0 spiro atoms. The average Bonchev–Trinajstić information content (AvgIpc) is 3.16. The van der Waals surface area contributed by atoms with E-state index in [9.17, 15) is 0 Å². The lowest BCUT2D eigenvalue weighted by molar-refractivity contribution is 0.284. The lowest BCUT2D eigenvalue weighted by Gasteiger charge is -2.15. The lowest BCUT2D eigenvalue weighted by Crippen LogP contribution is -2.12. The number of benzene rings is 2. The third-order valence-corrected chi connectivity index (χ3v) is 4.86. The number of hydrogen-bond acceptors (Lipinski definition) is 4. The minimum absolute atomic E-state index is 0.277. The smallest absolute Gasteiger partial charge is 0.163 e. The van der Waals surface area contributed by atoms with Gasteiger partial charge in [-0.2, -0.15) is 0 Å². The summed E-state index contributed by atoms with van der Waals surface area (Å²) >= 11 is 18.5. The van der Waals surface area contributed by atoms with E-state index in [2.05, 4.69) is 5.32 Å². The highest BCUT2D eigenvalue weighted by molar-refractivity contribution is 6.35. The van der Waals surface area contributed by atoms with Crippen LogP contribution in [0.5, 0.6) is 11.5 Å². The highest BCUT2D eigenvalue weighted by Crippen LogP contribution is 2.34. The summed E-state index contributed by atoms with van der Waals surface area (Å²) in [7, 11) is 1.59. The highest BCUT2D eigenvalue weighted by atomic mass is 35.5. The number of rotatable bonds is 8. The van der Waals surface area contributed by atoms with Crippen LogP contribution in [0.4, 0.5) is 0 Å². The van der Waals surface area contributed by atoms with Crippen LogP contribution in [-0.4, -0.2) is 7.11 Å². The molecule has 142 valence electrons. The zero-order valence-electron chi connectivity index (χ0n) is 14.6. The van der Waals surface area contributed by atoms with E-state index in [4.69, 9.17) is 48.7 Å².